The molecule has 0 spiro atoms. The molecule has 0 saturated carbocycles. The van der Waals surface area contributed by atoms with E-state index in [4.69, 9.17) is 16.3 Å². The van der Waals surface area contributed by atoms with Crippen LogP contribution in [0, 0.1) is 6.92 Å². The molecule has 3 heteroatoms. The quantitative estimate of drug-likeness (QED) is 0.800. The molecule has 0 aliphatic rings. The normalized spacial score (nSPS) is 11.4. The lowest BCUT2D eigenvalue weighted by molar-refractivity contribution is 0.301. The van der Waals surface area contributed by atoms with Crippen molar-refractivity contribution >= 4 is 11.6 Å². The van der Waals surface area contributed by atoms with Gasteiger partial charge in [0.2, 0.25) is 0 Å². The minimum absolute atomic E-state index is 0.0836. The number of halogens is 1. The van der Waals surface area contributed by atoms with Crippen molar-refractivity contribution < 1.29 is 4.74 Å². The van der Waals surface area contributed by atoms with E-state index in [1.807, 2.05) is 37.3 Å². The molecule has 2 nitrogen and oxygen atoms in total. The maximum absolute atomic E-state index is 6.29. The summed E-state index contributed by atoms with van der Waals surface area (Å²) in [6.45, 7) is 8.88. The van der Waals surface area contributed by atoms with E-state index in [2.05, 4.69) is 31.8 Å². The number of hydrogen-bond donors (Lipinski definition) is 0. The first-order valence-electron chi connectivity index (χ1n) is 6.71. The van der Waals surface area contributed by atoms with Crippen molar-refractivity contribution in [2.45, 2.75) is 39.7 Å². The Labute approximate surface area is 125 Å². The van der Waals surface area contributed by atoms with Gasteiger partial charge >= 0.3 is 0 Å². The molecule has 0 aliphatic carbocycles. The van der Waals surface area contributed by atoms with Gasteiger partial charge in [-0.3, -0.25) is 4.98 Å². The molecule has 0 aliphatic heterocycles. The predicted octanol–water partition coefficient (Wildman–Crippen LogP) is 4.92. The Bertz CT molecular complexity index is 602. The first kappa shape index (κ1) is 14.9. The van der Waals surface area contributed by atoms with Crippen LogP contribution in [0.1, 0.15) is 37.7 Å². The number of nitrogens with zero attached hydrogens (tertiary/aromatic N) is 1. The third kappa shape index (κ3) is 3.73. The predicted molar refractivity (Wildman–Crippen MR) is 83.5 cm³/mol. The first-order valence-corrected chi connectivity index (χ1v) is 7.09. The van der Waals surface area contributed by atoms with Crippen molar-refractivity contribution in [2.24, 2.45) is 0 Å². The zero-order valence-electron chi connectivity index (χ0n) is 12.4. The van der Waals surface area contributed by atoms with Gasteiger partial charge in [0.25, 0.3) is 0 Å². The molecule has 1 aromatic heterocycles. The van der Waals surface area contributed by atoms with Gasteiger partial charge in [-0.25, -0.2) is 0 Å². The van der Waals surface area contributed by atoms with Crippen molar-refractivity contribution in [3.05, 3.63) is 58.4 Å². The monoisotopic (exact) mass is 289 g/mol. The lowest BCUT2D eigenvalue weighted by Crippen LogP contribution is -2.11. The molecule has 1 aromatic carbocycles. The van der Waals surface area contributed by atoms with Crippen molar-refractivity contribution in [1.82, 2.24) is 4.98 Å². The number of hydrogen-bond acceptors (Lipinski definition) is 2. The molecule has 20 heavy (non-hydrogen) atoms. The summed E-state index contributed by atoms with van der Waals surface area (Å²) in [5.41, 5.74) is 3.17. The third-order valence-electron chi connectivity index (χ3n) is 3.12. The van der Waals surface area contributed by atoms with Crippen LogP contribution >= 0.6 is 11.6 Å². The first-order chi connectivity index (χ1) is 9.36. The second-order valence-electron chi connectivity index (χ2n) is 5.95. The Balaban J connectivity index is 2.11. The molecule has 0 saturated heterocycles. The number of aromatic nitrogens is 1. The van der Waals surface area contributed by atoms with E-state index in [0.29, 0.717) is 17.4 Å². The van der Waals surface area contributed by atoms with Crippen LogP contribution in [0.15, 0.2) is 36.4 Å². The third-order valence-corrected chi connectivity index (χ3v) is 3.41. The van der Waals surface area contributed by atoms with Crippen molar-refractivity contribution in [1.29, 1.82) is 0 Å². The molecule has 0 unspecified atom stereocenters. The van der Waals surface area contributed by atoms with Gasteiger partial charge in [0.05, 0.1) is 10.7 Å². The van der Waals surface area contributed by atoms with E-state index in [0.717, 1.165) is 11.4 Å². The van der Waals surface area contributed by atoms with Crippen LogP contribution in [-0.4, -0.2) is 4.98 Å². The highest BCUT2D eigenvalue weighted by Crippen LogP contribution is 2.31. The molecular weight excluding hydrogens is 270 g/mol. The Morgan fingerprint density at radius 2 is 1.90 bits per heavy atom. The smallest absolute Gasteiger partial charge is 0.138 e. The molecule has 0 N–H and O–H groups in total. The molecule has 0 atom stereocenters. The molecule has 106 valence electrons. The molecule has 1 heterocycles. The highest BCUT2D eigenvalue weighted by Gasteiger charge is 2.15. The summed E-state index contributed by atoms with van der Waals surface area (Å²) in [4.78, 5) is 4.41. The molecule has 0 bridgehead atoms. The number of aryl methyl sites for hydroxylation is 1. The number of pyridine rings is 1. The van der Waals surface area contributed by atoms with Crippen LogP contribution in [0.3, 0.4) is 0 Å². The van der Waals surface area contributed by atoms with E-state index in [1.54, 1.807) is 0 Å². The van der Waals surface area contributed by atoms with Crippen LogP contribution in [0.4, 0.5) is 0 Å². The zero-order valence-corrected chi connectivity index (χ0v) is 13.2. The van der Waals surface area contributed by atoms with Gasteiger partial charge in [-0.1, -0.05) is 44.5 Å². The van der Waals surface area contributed by atoms with Gasteiger partial charge in [-0.05, 0) is 42.2 Å². The van der Waals surface area contributed by atoms with E-state index in [1.165, 1.54) is 5.56 Å². The molecule has 2 aromatic rings. The fourth-order valence-corrected chi connectivity index (χ4v) is 2.15. The maximum Gasteiger partial charge on any atom is 0.138 e. The number of ether oxygens (including phenoxy) is 1. The summed E-state index contributed by atoms with van der Waals surface area (Å²) in [5.74, 6) is 0.697. The summed E-state index contributed by atoms with van der Waals surface area (Å²) in [6.07, 6.45) is 0. The lowest BCUT2D eigenvalue weighted by Gasteiger charge is -2.20. The second-order valence-corrected chi connectivity index (χ2v) is 6.36. The van der Waals surface area contributed by atoms with Crippen LogP contribution in [-0.2, 0) is 12.0 Å². The van der Waals surface area contributed by atoms with Crippen LogP contribution in [0.2, 0.25) is 5.02 Å². The highest BCUT2D eigenvalue weighted by molar-refractivity contribution is 6.32. The van der Waals surface area contributed by atoms with Crippen molar-refractivity contribution in [3.63, 3.8) is 0 Å². The minimum atomic E-state index is 0.0836. The maximum atomic E-state index is 6.29. The largest absolute Gasteiger partial charge is 0.486 e. The Morgan fingerprint density at radius 3 is 2.50 bits per heavy atom. The van der Waals surface area contributed by atoms with Crippen molar-refractivity contribution in [2.75, 3.05) is 0 Å². The van der Waals surface area contributed by atoms with Gasteiger partial charge in [0.1, 0.15) is 12.4 Å². The van der Waals surface area contributed by atoms with Crippen LogP contribution in [0.5, 0.6) is 5.75 Å². The standard InChI is InChI=1S/C17H20ClNO/c1-12-6-5-7-14(19-12)11-20-16-9-8-13(10-15(16)18)17(2,3)4/h5-10H,11H2,1-4H3. The Kier molecular flexibility index (Phi) is 4.34. The molecule has 2 rings (SSSR count). The molecule has 0 amide bonds. The van der Waals surface area contributed by atoms with E-state index in [9.17, 15) is 0 Å². The fourth-order valence-electron chi connectivity index (χ4n) is 1.92. The van der Waals surface area contributed by atoms with E-state index in [-0.39, 0.29) is 5.41 Å². The summed E-state index contributed by atoms with van der Waals surface area (Å²) >= 11 is 6.29. The number of rotatable bonds is 3. The SMILES string of the molecule is Cc1cccc(COc2ccc(C(C)(C)C)cc2Cl)n1. The van der Waals surface area contributed by atoms with E-state index < -0.39 is 0 Å². The average molecular weight is 290 g/mol. The van der Waals surface area contributed by atoms with Gasteiger partial charge in [-0.15, -0.1) is 0 Å². The molecule has 0 fully saturated rings. The second kappa shape index (κ2) is 5.84. The van der Waals surface area contributed by atoms with Gasteiger partial charge in [0.15, 0.2) is 0 Å². The average Bonchev–Trinajstić information content (AvgIpc) is 2.36. The van der Waals surface area contributed by atoms with Gasteiger partial charge < -0.3 is 4.74 Å². The van der Waals surface area contributed by atoms with Crippen LogP contribution < -0.4 is 4.74 Å². The summed E-state index contributed by atoms with van der Waals surface area (Å²) in [6, 6.07) is 11.9. The van der Waals surface area contributed by atoms with Crippen molar-refractivity contribution in [3.8, 4) is 5.75 Å². The van der Waals surface area contributed by atoms with Gasteiger partial charge in [-0.2, -0.15) is 0 Å². The molecule has 0 radical (unpaired) electrons. The topological polar surface area (TPSA) is 22.1 Å². The van der Waals surface area contributed by atoms with Gasteiger partial charge in [0, 0.05) is 5.69 Å². The zero-order chi connectivity index (χ0) is 14.8. The minimum Gasteiger partial charge on any atom is -0.486 e. The summed E-state index contributed by atoms with van der Waals surface area (Å²) in [7, 11) is 0. The van der Waals surface area contributed by atoms with E-state index >= 15 is 0 Å². The number of benzene rings is 1. The highest BCUT2D eigenvalue weighted by atomic mass is 35.5. The Morgan fingerprint density at radius 1 is 1.15 bits per heavy atom. The van der Waals surface area contributed by atoms with Crippen LogP contribution in [0.25, 0.3) is 0 Å². The summed E-state index contributed by atoms with van der Waals surface area (Å²) in [5, 5.41) is 0.644. The summed E-state index contributed by atoms with van der Waals surface area (Å²) < 4.78 is 5.75. The Hall–Kier alpha value is -1.54. The lowest BCUT2D eigenvalue weighted by atomic mass is 9.87. The molecular formula is C17H20ClNO. The fraction of sp³-hybridized carbons (Fsp3) is 0.353.